The summed E-state index contributed by atoms with van der Waals surface area (Å²) in [4.78, 5) is 12.1. The molecule has 0 saturated carbocycles. The van der Waals surface area contributed by atoms with E-state index in [2.05, 4.69) is 27.3 Å². The van der Waals surface area contributed by atoms with Crippen LogP contribution in [0.3, 0.4) is 0 Å². The minimum atomic E-state index is -0.124. The first-order chi connectivity index (χ1) is 9.60. The number of benzene rings is 2. The molecule has 100 valence electrons. The lowest BCUT2D eigenvalue weighted by molar-refractivity contribution is 0.0950. The lowest BCUT2D eigenvalue weighted by atomic mass is 10.1. The van der Waals surface area contributed by atoms with Crippen molar-refractivity contribution in [2.24, 2.45) is 0 Å². The highest BCUT2D eigenvalue weighted by molar-refractivity contribution is 9.10. The average Bonchev–Trinajstić information content (AvgIpc) is 2.45. The fourth-order valence-corrected chi connectivity index (χ4v) is 2.45. The van der Waals surface area contributed by atoms with E-state index in [9.17, 15) is 4.79 Å². The summed E-state index contributed by atoms with van der Waals surface area (Å²) < 4.78 is 0.787. The zero-order valence-electron chi connectivity index (χ0n) is 11.0. The molecule has 0 aliphatic heterocycles. The van der Waals surface area contributed by atoms with Gasteiger partial charge >= 0.3 is 0 Å². The van der Waals surface area contributed by atoms with Crippen LogP contribution < -0.4 is 5.32 Å². The van der Waals surface area contributed by atoms with Gasteiger partial charge in [-0.2, -0.15) is 5.26 Å². The first-order valence-electron chi connectivity index (χ1n) is 6.13. The van der Waals surface area contributed by atoms with Crippen LogP contribution in [-0.4, -0.2) is 5.91 Å². The predicted molar refractivity (Wildman–Crippen MR) is 81.2 cm³/mol. The molecule has 0 spiro atoms. The third-order valence-electron chi connectivity index (χ3n) is 2.91. The summed E-state index contributed by atoms with van der Waals surface area (Å²) in [6.07, 6.45) is 0. The van der Waals surface area contributed by atoms with E-state index in [-0.39, 0.29) is 5.91 Å². The van der Waals surface area contributed by atoms with Gasteiger partial charge in [-0.25, -0.2) is 0 Å². The van der Waals surface area contributed by atoms with Crippen LogP contribution in [0.2, 0.25) is 0 Å². The molecular formula is C16H13BrN2O. The topological polar surface area (TPSA) is 52.9 Å². The normalized spacial score (nSPS) is 9.85. The highest BCUT2D eigenvalue weighted by Gasteiger charge is 2.09. The maximum atomic E-state index is 12.1. The number of amides is 1. The van der Waals surface area contributed by atoms with Crippen molar-refractivity contribution in [3.8, 4) is 6.07 Å². The van der Waals surface area contributed by atoms with Gasteiger partial charge in [-0.05, 0) is 58.2 Å². The lowest BCUT2D eigenvalue weighted by Gasteiger charge is -2.07. The van der Waals surface area contributed by atoms with E-state index in [0.717, 1.165) is 15.6 Å². The molecule has 0 fully saturated rings. The molecule has 0 aromatic heterocycles. The van der Waals surface area contributed by atoms with Crippen LogP contribution in [-0.2, 0) is 6.54 Å². The Labute approximate surface area is 126 Å². The SMILES string of the molecule is Cc1ccc(C(=O)NCc2ccc(C#N)cc2)c(Br)c1. The van der Waals surface area contributed by atoms with Gasteiger partial charge < -0.3 is 5.32 Å². The zero-order chi connectivity index (χ0) is 14.5. The number of hydrogen-bond donors (Lipinski definition) is 1. The van der Waals surface area contributed by atoms with E-state index in [4.69, 9.17) is 5.26 Å². The minimum absolute atomic E-state index is 0.124. The molecule has 1 N–H and O–H groups in total. The molecule has 0 heterocycles. The van der Waals surface area contributed by atoms with Gasteiger partial charge in [0.1, 0.15) is 0 Å². The number of halogens is 1. The van der Waals surface area contributed by atoms with Crippen molar-refractivity contribution < 1.29 is 4.79 Å². The number of nitriles is 1. The van der Waals surface area contributed by atoms with Crippen LogP contribution in [0, 0.1) is 18.3 Å². The van der Waals surface area contributed by atoms with E-state index in [0.29, 0.717) is 17.7 Å². The van der Waals surface area contributed by atoms with E-state index in [1.165, 1.54) is 0 Å². The van der Waals surface area contributed by atoms with Crippen LogP contribution in [0.15, 0.2) is 46.9 Å². The fourth-order valence-electron chi connectivity index (χ4n) is 1.78. The molecule has 2 aromatic carbocycles. The van der Waals surface area contributed by atoms with Gasteiger partial charge in [-0.1, -0.05) is 18.2 Å². The number of hydrogen-bond acceptors (Lipinski definition) is 2. The quantitative estimate of drug-likeness (QED) is 0.936. The maximum Gasteiger partial charge on any atom is 0.252 e. The van der Waals surface area contributed by atoms with Crippen molar-refractivity contribution in [1.29, 1.82) is 5.26 Å². The smallest absolute Gasteiger partial charge is 0.252 e. The summed E-state index contributed by atoms with van der Waals surface area (Å²) in [6, 6.07) is 14.8. The van der Waals surface area contributed by atoms with Crippen molar-refractivity contribution in [1.82, 2.24) is 5.32 Å². The number of carbonyl (C=O) groups excluding carboxylic acids is 1. The van der Waals surface area contributed by atoms with E-state index in [1.807, 2.05) is 31.2 Å². The third-order valence-corrected chi connectivity index (χ3v) is 3.56. The Hall–Kier alpha value is -2.12. The summed E-state index contributed by atoms with van der Waals surface area (Å²) in [7, 11) is 0. The van der Waals surface area contributed by atoms with Crippen LogP contribution in [0.25, 0.3) is 0 Å². The molecule has 0 aliphatic rings. The number of nitrogens with zero attached hydrogens (tertiary/aromatic N) is 1. The Morgan fingerprint density at radius 3 is 2.55 bits per heavy atom. The summed E-state index contributed by atoms with van der Waals surface area (Å²) in [5.74, 6) is -0.124. The summed E-state index contributed by atoms with van der Waals surface area (Å²) in [6.45, 7) is 2.41. The first-order valence-corrected chi connectivity index (χ1v) is 6.93. The van der Waals surface area contributed by atoms with Crippen LogP contribution in [0.5, 0.6) is 0 Å². The molecule has 0 aliphatic carbocycles. The molecule has 0 saturated heterocycles. The Morgan fingerprint density at radius 1 is 1.25 bits per heavy atom. The molecule has 3 nitrogen and oxygen atoms in total. The highest BCUT2D eigenvalue weighted by Crippen LogP contribution is 2.18. The average molecular weight is 329 g/mol. The van der Waals surface area contributed by atoms with Crippen LogP contribution in [0.4, 0.5) is 0 Å². The van der Waals surface area contributed by atoms with Gasteiger partial charge in [-0.15, -0.1) is 0 Å². The second kappa shape index (κ2) is 6.36. The van der Waals surface area contributed by atoms with Crippen molar-refractivity contribution in [3.05, 3.63) is 69.2 Å². The minimum Gasteiger partial charge on any atom is -0.348 e. The molecular weight excluding hydrogens is 316 g/mol. The molecule has 0 radical (unpaired) electrons. The van der Waals surface area contributed by atoms with Gasteiger partial charge in [-0.3, -0.25) is 4.79 Å². The molecule has 2 rings (SSSR count). The van der Waals surface area contributed by atoms with Gasteiger partial charge in [0.15, 0.2) is 0 Å². The van der Waals surface area contributed by atoms with Crippen molar-refractivity contribution >= 4 is 21.8 Å². The standard InChI is InChI=1S/C16H13BrN2O/c1-11-2-7-14(15(17)8-11)16(20)19-10-13-5-3-12(9-18)4-6-13/h2-8H,10H2,1H3,(H,19,20). The second-order valence-corrected chi connectivity index (χ2v) is 5.33. The van der Waals surface area contributed by atoms with E-state index in [1.54, 1.807) is 18.2 Å². The van der Waals surface area contributed by atoms with Crippen LogP contribution >= 0.6 is 15.9 Å². The molecule has 0 unspecified atom stereocenters. The Morgan fingerprint density at radius 2 is 1.95 bits per heavy atom. The first kappa shape index (κ1) is 14.3. The van der Waals surface area contributed by atoms with Gasteiger partial charge in [0.25, 0.3) is 5.91 Å². The van der Waals surface area contributed by atoms with Crippen molar-refractivity contribution in [3.63, 3.8) is 0 Å². The number of aryl methyl sites for hydroxylation is 1. The summed E-state index contributed by atoms with van der Waals surface area (Å²) in [5, 5.41) is 11.6. The third kappa shape index (κ3) is 3.46. The largest absolute Gasteiger partial charge is 0.348 e. The van der Waals surface area contributed by atoms with Crippen molar-refractivity contribution in [2.45, 2.75) is 13.5 Å². The second-order valence-electron chi connectivity index (χ2n) is 4.47. The van der Waals surface area contributed by atoms with Gasteiger partial charge in [0.05, 0.1) is 17.2 Å². The summed E-state index contributed by atoms with van der Waals surface area (Å²) >= 11 is 3.40. The molecule has 2 aromatic rings. The van der Waals surface area contributed by atoms with E-state index < -0.39 is 0 Å². The molecule has 20 heavy (non-hydrogen) atoms. The fraction of sp³-hybridized carbons (Fsp3) is 0.125. The molecule has 1 amide bonds. The van der Waals surface area contributed by atoms with Gasteiger partial charge in [0, 0.05) is 11.0 Å². The Bertz CT molecular complexity index is 672. The van der Waals surface area contributed by atoms with Crippen molar-refractivity contribution in [2.75, 3.05) is 0 Å². The van der Waals surface area contributed by atoms with Gasteiger partial charge in [0.2, 0.25) is 0 Å². The van der Waals surface area contributed by atoms with Crippen LogP contribution in [0.1, 0.15) is 27.0 Å². The molecule has 0 bridgehead atoms. The highest BCUT2D eigenvalue weighted by atomic mass is 79.9. The Balaban J connectivity index is 2.03. The lowest BCUT2D eigenvalue weighted by Crippen LogP contribution is -2.23. The Kier molecular flexibility index (Phi) is 4.54. The summed E-state index contributed by atoms with van der Waals surface area (Å²) in [5.41, 5.74) is 3.28. The number of carbonyl (C=O) groups is 1. The monoisotopic (exact) mass is 328 g/mol. The molecule has 0 atom stereocenters. The number of rotatable bonds is 3. The molecule has 4 heteroatoms. The number of nitrogens with one attached hydrogen (secondary N) is 1. The van der Waals surface area contributed by atoms with E-state index >= 15 is 0 Å². The predicted octanol–water partition coefficient (Wildman–Crippen LogP) is 3.56. The zero-order valence-corrected chi connectivity index (χ0v) is 12.6. The maximum absolute atomic E-state index is 12.1.